The summed E-state index contributed by atoms with van der Waals surface area (Å²) in [5.41, 5.74) is 1.10. The van der Waals surface area contributed by atoms with E-state index in [1.165, 1.54) is 0 Å². The Hall–Kier alpha value is -3.02. The predicted octanol–water partition coefficient (Wildman–Crippen LogP) is 4.30. The molecule has 2 aromatic rings. The molecule has 6 heteroatoms. The van der Waals surface area contributed by atoms with E-state index in [0.717, 1.165) is 45.1 Å². The number of piperidine rings is 1. The number of ether oxygens (including phenoxy) is 2. The zero-order valence-electron chi connectivity index (χ0n) is 18.8. The monoisotopic (exact) mass is 436 g/mol. The molecule has 2 aliphatic rings. The molecule has 1 unspecified atom stereocenters. The second kappa shape index (κ2) is 10.1. The maximum absolute atomic E-state index is 13.3. The highest BCUT2D eigenvalue weighted by Crippen LogP contribution is 2.36. The molecule has 2 aliphatic heterocycles. The average molecular weight is 437 g/mol. The highest BCUT2D eigenvalue weighted by molar-refractivity contribution is 5.97. The van der Waals surface area contributed by atoms with E-state index in [9.17, 15) is 9.59 Å². The maximum atomic E-state index is 13.3. The Balaban J connectivity index is 1.53. The predicted molar refractivity (Wildman–Crippen MR) is 123 cm³/mol. The third-order valence-corrected chi connectivity index (χ3v) is 6.63. The van der Waals surface area contributed by atoms with Crippen molar-refractivity contribution in [2.75, 3.05) is 33.4 Å². The number of hydrogen-bond acceptors (Lipinski definition) is 4. The molecule has 1 fully saturated rings. The SMILES string of the molecule is COc1cccc(C(=O)N2CCCC3(CCCCCOc4ccccc4C(=O)NC3)C2)c1. The Morgan fingerprint density at radius 2 is 1.91 bits per heavy atom. The highest BCUT2D eigenvalue weighted by atomic mass is 16.5. The summed E-state index contributed by atoms with van der Waals surface area (Å²) < 4.78 is 11.2. The minimum atomic E-state index is -0.114. The van der Waals surface area contributed by atoms with Crippen molar-refractivity contribution in [1.29, 1.82) is 0 Å². The summed E-state index contributed by atoms with van der Waals surface area (Å²) in [7, 11) is 1.61. The Morgan fingerprint density at radius 1 is 1.06 bits per heavy atom. The molecule has 4 rings (SSSR count). The topological polar surface area (TPSA) is 67.9 Å². The van der Waals surface area contributed by atoms with Gasteiger partial charge in [-0.3, -0.25) is 9.59 Å². The van der Waals surface area contributed by atoms with Gasteiger partial charge in [0, 0.05) is 30.6 Å². The van der Waals surface area contributed by atoms with E-state index >= 15 is 0 Å². The van der Waals surface area contributed by atoms with E-state index < -0.39 is 0 Å². The van der Waals surface area contributed by atoms with Gasteiger partial charge in [0.15, 0.2) is 0 Å². The number of para-hydroxylation sites is 1. The number of amides is 2. The van der Waals surface area contributed by atoms with E-state index in [1.807, 2.05) is 47.4 Å². The second-order valence-corrected chi connectivity index (χ2v) is 8.90. The highest BCUT2D eigenvalue weighted by Gasteiger charge is 2.37. The van der Waals surface area contributed by atoms with Crippen LogP contribution in [0.2, 0.25) is 0 Å². The van der Waals surface area contributed by atoms with Crippen LogP contribution in [0.3, 0.4) is 0 Å². The lowest BCUT2D eigenvalue weighted by atomic mass is 9.75. The van der Waals surface area contributed by atoms with Crippen LogP contribution in [0, 0.1) is 5.41 Å². The molecule has 170 valence electrons. The number of fused-ring (bicyclic) bond motifs is 1. The van der Waals surface area contributed by atoms with E-state index in [-0.39, 0.29) is 17.2 Å². The number of hydrogen-bond donors (Lipinski definition) is 1. The number of benzene rings is 2. The molecule has 1 N–H and O–H groups in total. The summed E-state index contributed by atoms with van der Waals surface area (Å²) >= 11 is 0. The van der Waals surface area contributed by atoms with Crippen molar-refractivity contribution < 1.29 is 19.1 Å². The Morgan fingerprint density at radius 3 is 2.78 bits per heavy atom. The molecule has 1 saturated heterocycles. The second-order valence-electron chi connectivity index (χ2n) is 8.90. The number of rotatable bonds is 2. The standard InChI is InChI=1S/C26H32N2O4/c1-31-21-10-7-9-20(17-21)25(30)28-15-8-14-26(19-28)13-5-2-6-16-32-23-12-4-3-11-22(23)24(29)27-18-26/h3-4,7,9-12,17H,2,5-6,8,13-16,18-19H2,1H3,(H,27,29). The fraction of sp³-hybridized carbons (Fsp3) is 0.462. The Bertz CT molecular complexity index is 960. The number of likely N-dealkylation sites (tertiary alicyclic amines) is 1. The lowest BCUT2D eigenvalue weighted by molar-refractivity contribution is 0.0468. The van der Waals surface area contributed by atoms with Gasteiger partial charge in [-0.15, -0.1) is 0 Å². The first-order chi connectivity index (χ1) is 15.6. The largest absolute Gasteiger partial charge is 0.497 e. The first kappa shape index (κ1) is 22.2. The van der Waals surface area contributed by atoms with Crippen molar-refractivity contribution in [2.24, 2.45) is 5.41 Å². The average Bonchev–Trinajstić information content (AvgIpc) is 2.84. The molecular formula is C26H32N2O4. The summed E-state index contributed by atoms with van der Waals surface area (Å²) in [5.74, 6) is 1.23. The van der Waals surface area contributed by atoms with Crippen LogP contribution >= 0.6 is 0 Å². The third-order valence-electron chi connectivity index (χ3n) is 6.63. The molecule has 2 aromatic carbocycles. The molecule has 0 aliphatic carbocycles. The van der Waals surface area contributed by atoms with Gasteiger partial charge < -0.3 is 19.7 Å². The first-order valence-corrected chi connectivity index (χ1v) is 11.5. The maximum Gasteiger partial charge on any atom is 0.255 e. The number of nitrogens with zero attached hydrogens (tertiary/aromatic N) is 1. The summed E-state index contributed by atoms with van der Waals surface area (Å²) in [5, 5.41) is 3.16. The van der Waals surface area contributed by atoms with Crippen molar-refractivity contribution >= 4 is 11.8 Å². The lowest BCUT2D eigenvalue weighted by Gasteiger charge is -2.43. The number of nitrogens with one attached hydrogen (secondary N) is 1. The first-order valence-electron chi connectivity index (χ1n) is 11.5. The van der Waals surface area contributed by atoms with Gasteiger partial charge in [0.25, 0.3) is 11.8 Å². The summed E-state index contributed by atoms with van der Waals surface area (Å²) in [4.78, 5) is 28.2. The van der Waals surface area contributed by atoms with Gasteiger partial charge in [-0.2, -0.15) is 0 Å². The summed E-state index contributed by atoms with van der Waals surface area (Å²) in [6, 6.07) is 14.7. The van der Waals surface area contributed by atoms with Crippen LogP contribution in [0.5, 0.6) is 11.5 Å². The smallest absolute Gasteiger partial charge is 0.255 e. The zero-order valence-corrected chi connectivity index (χ0v) is 18.8. The van der Waals surface area contributed by atoms with Crippen LogP contribution in [0.4, 0.5) is 0 Å². The van der Waals surface area contributed by atoms with Crippen LogP contribution in [0.15, 0.2) is 48.5 Å². The molecule has 32 heavy (non-hydrogen) atoms. The molecule has 1 spiro atoms. The van der Waals surface area contributed by atoms with Gasteiger partial charge in [0.2, 0.25) is 0 Å². The van der Waals surface area contributed by atoms with Crippen molar-refractivity contribution in [3.63, 3.8) is 0 Å². The van der Waals surface area contributed by atoms with Gasteiger partial charge in [-0.05, 0) is 56.0 Å². The van der Waals surface area contributed by atoms with Crippen LogP contribution in [0.1, 0.15) is 59.2 Å². The summed E-state index contributed by atoms with van der Waals surface area (Å²) in [6.07, 6.45) is 6.01. The third kappa shape index (κ3) is 5.06. The zero-order chi connectivity index (χ0) is 22.4. The molecule has 0 saturated carbocycles. The minimum absolute atomic E-state index is 0.0270. The molecule has 1 atom stereocenters. The lowest BCUT2D eigenvalue weighted by Crippen LogP contribution is -2.51. The van der Waals surface area contributed by atoms with Crippen molar-refractivity contribution in [3.05, 3.63) is 59.7 Å². The molecule has 2 amide bonds. The van der Waals surface area contributed by atoms with Crippen LogP contribution < -0.4 is 14.8 Å². The van der Waals surface area contributed by atoms with Crippen LogP contribution in [-0.4, -0.2) is 50.1 Å². The number of carbonyl (C=O) groups is 2. The molecule has 0 aromatic heterocycles. The van der Waals surface area contributed by atoms with E-state index in [0.29, 0.717) is 42.3 Å². The fourth-order valence-electron chi connectivity index (χ4n) is 4.86. The van der Waals surface area contributed by atoms with Crippen LogP contribution in [0.25, 0.3) is 0 Å². The molecule has 6 nitrogen and oxygen atoms in total. The quantitative estimate of drug-likeness (QED) is 0.762. The van der Waals surface area contributed by atoms with Crippen LogP contribution in [-0.2, 0) is 0 Å². The van der Waals surface area contributed by atoms with Crippen molar-refractivity contribution in [2.45, 2.75) is 38.5 Å². The van der Waals surface area contributed by atoms with Gasteiger partial charge in [-0.25, -0.2) is 0 Å². The Labute approximate surface area is 189 Å². The van der Waals surface area contributed by atoms with Gasteiger partial charge in [0.1, 0.15) is 11.5 Å². The molecule has 2 heterocycles. The van der Waals surface area contributed by atoms with Gasteiger partial charge in [0.05, 0.1) is 19.3 Å². The van der Waals surface area contributed by atoms with E-state index in [2.05, 4.69) is 5.32 Å². The van der Waals surface area contributed by atoms with Gasteiger partial charge >= 0.3 is 0 Å². The summed E-state index contributed by atoms with van der Waals surface area (Å²) in [6.45, 7) is 2.56. The van der Waals surface area contributed by atoms with E-state index in [1.54, 1.807) is 13.2 Å². The van der Waals surface area contributed by atoms with E-state index in [4.69, 9.17) is 9.47 Å². The van der Waals surface area contributed by atoms with Crippen molar-refractivity contribution in [3.8, 4) is 11.5 Å². The van der Waals surface area contributed by atoms with Crippen molar-refractivity contribution in [1.82, 2.24) is 10.2 Å². The van der Waals surface area contributed by atoms with Gasteiger partial charge in [-0.1, -0.05) is 31.0 Å². The molecule has 0 bridgehead atoms. The fourth-order valence-corrected chi connectivity index (χ4v) is 4.86. The minimum Gasteiger partial charge on any atom is -0.497 e. The normalized spacial score (nSPS) is 22.0. The molecule has 0 radical (unpaired) electrons. The number of methoxy groups -OCH3 is 1. The number of carbonyl (C=O) groups excluding carboxylic acids is 2. The Kier molecular flexibility index (Phi) is 6.98. The molecular weight excluding hydrogens is 404 g/mol.